The van der Waals surface area contributed by atoms with Crippen LogP contribution >= 0.6 is 11.3 Å². The summed E-state index contributed by atoms with van der Waals surface area (Å²) in [5, 5.41) is 13.1. The van der Waals surface area contributed by atoms with E-state index in [1.165, 1.54) is 0 Å². The second kappa shape index (κ2) is 7.13. The highest BCUT2D eigenvalue weighted by atomic mass is 32.1. The first-order chi connectivity index (χ1) is 11.6. The maximum absolute atomic E-state index is 12.9. The Kier molecular flexibility index (Phi) is 4.94. The van der Waals surface area contributed by atoms with Gasteiger partial charge in [-0.1, -0.05) is 0 Å². The quantitative estimate of drug-likeness (QED) is 0.920. The van der Waals surface area contributed by atoms with E-state index in [9.17, 15) is 9.59 Å². The van der Waals surface area contributed by atoms with Gasteiger partial charge in [-0.2, -0.15) is 11.3 Å². The molecule has 126 valence electrons. The smallest absolute Gasteiger partial charge is 0.305 e. The van der Waals surface area contributed by atoms with E-state index < -0.39 is 5.97 Å². The number of rotatable bonds is 4. The second-order valence-electron chi connectivity index (χ2n) is 6.09. The molecule has 0 saturated carbocycles. The average Bonchev–Trinajstić information content (AvgIpc) is 3.08. The Hall–Kier alpha value is -2.21. The lowest BCUT2D eigenvalue weighted by Gasteiger charge is -2.35. The molecule has 1 amide bonds. The Morgan fingerprint density at radius 3 is 2.83 bits per heavy atom. The molecular formula is C18H20N2O3S. The zero-order valence-electron chi connectivity index (χ0n) is 13.6. The van der Waals surface area contributed by atoms with Gasteiger partial charge in [-0.3, -0.25) is 14.6 Å². The number of nitrogens with zero attached hydrogens (tertiary/aromatic N) is 2. The number of carbonyl (C=O) groups excluding carboxylic acids is 1. The van der Waals surface area contributed by atoms with E-state index in [0.717, 1.165) is 30.5 Å². The van der Waals surface area contributed by atoms with Crippen LogP contribution in [0.25, 0.3) is 11.3 Å². The minimum Gasteiger partial charge on any atom is -0.481 e. The number of pyridine rings is 1. The maximum atomic E-state index is 12.9. The van der Waals surface area contributed by atoms with Crippen molar-refractivity contribution in [1.82, 2.24) is 9.88 Å². The number of thiophene rings is 1. The first-order valence-electron chi connectivity index (χ1n) is 8.09. The Balaban J connectivity index is 1.84. The number of aromatic nitrogens is 1. The fraction of sp³-hybridized carbons (Fsp3) is 0.389. The minimum atomic E-state index is -0.859. The molecule has 1 atom stereocenters. The molecule has 0 aliphatic carbocycles. The van der Waals surface area contributed by atoms with Crippen molar-refractivity contribution < 1.29 is 14.7 Å². The molecule has 6 heteroatoms. The molecule has 24 heavy (non-hydrogen) atoms. The maximum Gasteiger partial charge on any atom is 0.305 e. The number of carbonyl (C=O) groups is 2. The average molecular weight is 344 g/mol. The van der Waals surface area contributed by atoms with Gasteiger partial charge in [0, 0.05) is 23.5 Å². The predicted molar refractivity (Wildman–Crippen MR) is 93.2 cm³/mol. The molecule has 1 fully saturated rings. The summed E-state index contributed by atoms with van der Waals surface area (Å²) >= 11 is 1.61. The summed E-state index contributed by atoms with van der Waals surface area (Å²) in [4.78, 5) is 30.2. The summed E-state index contributed by atoms with van der Waals surface area (Å²) in [6, 6.07) is 5.45. The molecule has 0 aromatic carbocycles. The Labute approximate surface area is 145 Å². The SMILES string of the molecule is Cc1nc(-c2ccsc2)ccc1C(=O)N1CCCC[C@H]1CC(=O)O. The topological polar surface area (TPSA) is 70.5 Å². The monoisotopic (exact) mass is 344 g/mol. The summed E-state index contributed by atoms with van der Waals surface area (Å²) < 4.78 is 0. The number of carboxylic acids is 1. The fourth-order valence-electron chi connectivity index (χ4n) is 3.19. The lowest BCUT2D eigenvalue weighted by Crippen LogP contribution is -2.45. The molecule has 2 aromatic rings. The van der Waals surface area contributed by atoms with Crippen LogP contribution in [-0.2, 0) is 4.79 Å². The molecule has 1 aliphatic rings. The third kappa shape index (κ3) is 3.48. The standard InChI is InChI=1S/C18H20N2O3S/c1-12-15(5-6-16(19-12)13-7-9-24-11-13)18(23)20-8-3-2-4-14(20)10-17(21)22/h5-7,9,11,14H,2-4,8,10H2,1H3,(H,21,22)/t14-/m0/s1. The number of likely N-dealkylation sites (tertiary alicyclic amines) is 1. The second-order valence-corrected chi connectivity index (χ2v) is 6.87. The van der Waals surface area contributed by atoms with E-state index in [1.807, 2.05) is 35.9 Å². The van der Waals surface area contributed by atoms with Crippen LogP contribution in [0.1, 0.15) is 41.7 Å². The van der Waals surface area contributed by atoms with Crippen LogP contribution in [0.5, 0.6) is 0 Å². The van der Waals surface area contributed by atoms with Gasteiger partial charge in [0.05, 0.1) is 23.4 Å². The van der Waals surface area contributed by atoms with Gasteiger partial charge in [0.15, 0.2) is 0 Å². The van der Waals surface area contributed by atoms with Crippen LogP contribution in [0.3, 0.4) is 0 Å². The number of hydrogen-bond acceptors (Lipinski definition) is 4. The molecule has 0 unspecified atom stereocenters. The first-order valence-corrected chi connectivity index (χ1v) is 9.03. The van der Waals surface area contributed by atoms with E-state index in [4.69, 9.17) is 5.11 Å². The molecule has 1 aliphatic heterocycles. The van der Waals surface area contributed by atoms with Crippen molar-refractivity contribution in [3.63, 3.8) is 0 Å². The van der Waals surface area contributed by atoms with E-state index >= 15 is 0 Å². The van der Waals surface area contributed by atoms with Crippen LogP contribution in [0.2, 0.25) is 0 Å². The minimum absolute atomic E-state index is 0.00516. The number of carboxylic acid groups (broad SMARTS) is 1. The summed E-state index contributed by atoms with van der Waals surface area (Å²) in [6.07, 6.45) is 2.64. The molecule has 1 N–H and O–H groups in total. The Bertz CT molecular complexity index is 743. The number of aliphatic carboxylic acids is 1. The van der Waals surface area contributed by atoms with Gasteiger partial charge >= 0.3 is 5.97 Å². The molecule has 0 radical (unpaired) electrons. The van der Waals surface area contributed by atoms with E-state index in [-0.39, 0.29) is 18.4 Å². The van der Waals surface area contributed by atoms with Crippen LogP contribution in [0.15, 0.2) is 29.0 Å². The highest BCUT2D eigenvalue weighted by molar-refractivity contribution is 7.08. The van der Waals surface area contributed by atoms with Crippen molar-refractivity contribution >= 4 is 23.2 Å². The van der Waals surface area contributed by atoms with Crippen molar-refractivity contribution in [2.24, 2.45) is 0 Å². The normalized spacial score (nSPS) is 17.7. The summed E-state index contributed by atoms with van der Waals surface area (Å²) in [6.45, 7) is 2.45. The number of hydrogen-bond donors (Lipinski definition) is 1. The molecule has 2 aromatic heterocycles. The van der Waals surface area contributed by atoms with Gasteiger partial charge in [-0.05, 0) is 49.8 Å². The van der Waals surface area contributed by atoms with Crippen LogP contribution < -0.4 is 0 Å². The van der Waals surface area contributed by atoms with E-state index in [1.54, 1.807) is 16.2 Å². The van der Waals surface area contributed by atoms with Crippen molar-refractivity contribution in [1.29, 1.82) is 0 Å². The van der Waals surface area contributed by atoms with Crippen molar-refractivity contribution in [3.8, 4) is 11.3 Å². The van der Waals surface area contributed by atoms with Gasteiger partial charge < -0.3 is 10.0 Å². The molecule has 3 heterocycles. The molecule has 0 bridgehead atoms. The Morgan fingerprint density at radius 1 is 1.33 bits per heavy atom. The molecule has 5 nitrogen and oxygen atoms in total. The number of piperidine rings is 1. The molecule has 1 saturated heterocycles. The van der Waals surface area contributed by atoms with Crippen molar-refractivity contribution in [2.45, 2.75) is 38.6 Å². The summed E-state index contributed by atoms with van der Waals surface area (Å²) in [5.74, 6) is -0.967. The van der Waals surface area contributed by atoms with Crippen LogP contribution in [0, 0.1) is 6.92 Å². The van der Waals surface area contributed by atoms with Crippen LogP contribution in [0.4, 0.5) is 0 Å². The lowest BCUT2D eigenvalue weighted by molar-refractivity contribution is -0.138. The van der Waals surface area contributed by atoms with Gasteiger partial charge in [0.25, 0.3) is 5.91 Å². The summed E-state index contributed by atoms with van der Waals surface area (Å²) in [5.41, 5.74) is 3.14. The van der Waals surface area contributed by atoms with Gasteiger partial charge in [-0.25, -0.2) is 0 Å². The van der Waals surface area contributed by atoms with Gasteiger partial charge in [-0.15, -0.1) is 0 Å². The number of amides is 1. The molecular weight excluding hydrogens is 324 g/mol. The third-order valence-corrected chi connectivity index (χ3v) is 5.11. The summed E-state index contributed by atoms with van der Waals surface area (Å²) in [7, 11) is 0. The Morgan fingerprint density at radius 2 is 2.17 bits per heavy atom. The first kappa shape index (κ1) is 16.6. The van der Waals surface area contributed by atoms with Crippen molar-refractivity contribution in [2.75, 3.05) is 6.54 Å². The van der Waals surface area contributed by atoms with Gasteiger partial charge in [0.2, 0.25) is 0 Å². The highest BCUT2D eigenvalue weighted by Gasteiger charge is 2.30. The zero-order chi connectivity index (χ0) is 17.1. The molecule has 3 rings (SSSR count). The number of aryl methyl sites for hydroxylation is 1. The zero-order valence-corrected chi connectivity index (χ0v) is 14.4. The fourth-order valence-corrected chi connectivity index (χ4v) is 3.84. The largest absolute Gasteiger partial charge is 0.481 e. The highest BCUT2D eigenvalue weighted by Crippen LogP contribution is 2.25. The van der Waals surface area contributed by atoms with E-state index in [0.29, 0.717) is 17.8 Å². The third-order valence-electron chi connectivity index (χ3n) is 4.43. The molecule has 0 spiro atoms. The van der Waals surface area contributed by atoms with Gasteiger partial charge in [0.1, 0.15) is 0 Å². The lowest BCUT2D eigenvalue weighted by atomic mass is 9.98. The van der Waals surface area contributed by atoms with Crippen molar-refractivity contribution in [3.05, 3.63) is 40.2 Å². The predicted octanol–water partition coefficient (Wildman–Crippen LogP) is 3.59. The van der Waals surface area contributed by atoms with E-state index in [2.05, 4.69) is 4.98 Å². The van der Waals surface area contributed by atoms with Crippen LogP contribution in [-0.4, -0.2) is 39.5 Å².